The molecule has 3 rings (SSSR count). The number of hydrogen-bond donors (Lipinski definition) is 0. The SMILES string of the molecule is CC(C)(C)C1c2ccc(nc2)C1C(C)(C)C. The van der Waals surface area contributed by atoms with E-state index in [-0.39, 0.29) is 5.41 Å². The van der Waals surface area contributed by atoms with Crippen molar-refractivity contribution in [3.8, 4) is 0 Å². The maximum Gasteiger partial charge on any atom is 0.0446 e. The van der Waals surface area contributed by atoms with Crippen LogP contribution in [0.25, 0.3) is 0 Å². The zero-order valence-electron chi connectivity index (χ0n) is 11.3. The van der Waals surface area contributed by atoms with Gasteiger partial charge in [0.1, 0.15) is 0 Å². The largest absolute Gasteiger partial charge is 0.261 e. The zero-order valence-corrected chi connectivity index (χ0v) is 11.3. The van der Waals surface area contributed by atoms with Crippen LogP contribution in [0.3, 0.4) is 0 Å². The van der Waals surface area contributed by atoms with Crippen molar-refractivity contribution >= 4 is 0 Å². The lowest BCUT2D eigenvalue weighted by atomic mass is 9.59. The predicted octanol–water partition coefficient (Wildman–Crippen LogP) is 4.35. The van der Waals surface area contributed by atoms with Crippen molar-refractivity contribution in [2.75, 3.05) is 0 Å². The number of nitrogens with zero attached hydrogens (tertiary/aromatic N) is 1. The maximum absolute atomic E-state index is 4.58. The summed E-state index contributed by atoms with van der Waals surface area (Å²) in [6.07, 6.45) is 2.06. The number of rotatable bonds is 0. The van der Waals surface area contributed by atoms with Crippen LogP contribution in [0, 0.1) is 10.8 Å². The van der Waals surface area contributed by atoms with E-state index in [4.69, 9.17) is 0 Å². The molecule has 16 heavy (non-hydrogen) atoms. The third kappa shape index (κ3) is 1.77. The summed E-state index contributed by atoms with van der Waals surface area (Å²) < 4.78 is 0. The summed E-state index contributed by atoms with van der Waals surface area (Å²) in [6, 6.07) is 4.45. The lowest BCUT2D eigenvalue weighted by molar-refractivity contribution is 0.176. The Balaban J connectivity index is 2.53. The van der Waals surface area contributed by atoms with E-state index in [9.17, 15) is 0 Å². The highest BCUT2D eigenvalue weighted by molar-refractivity contribution is 5.34. The molecule has 2 heterocycles. The van der Waals surface area contributed by atoms with Crippen LogP contribution < -0.4 is 0 Å². The topological polar surface area (TPSA) is 12.9 Å². The smallest absolute Gasteiger partial charge is 0.0446 e. The second-order valence-corrected chi connectivity index (χ2v) is 7.20. The Kier molecular flexibility index (Phi) is 2.41. The van der Waals surface area contributed by atoms with Crippen molar-refractivity contribution in [3.05, 3.63) is 29.6 Å². The van der Waals surface area contributed by atoms with Gasteiger partial charge in [0.25, 0.3) is 0 Å². The lowest BCUT2D eigenvalue weighted by Gasteiger charge is -2.46. The first kappa shape index (κ1) is 11.6. The fourth-order valence-corrected chi connectivity index (χ4v) is 3.09. The molecule has 1 nitrogen and oxygen atoms in total. The summed E-state index contributed by atoms with van der Waals surface area (Å²) in [5.41, 5.74) is 3.25. The van der Waals surface area contributed by atoms with Crippen molar-refractivity contribution < 1.29 is 0 Å². The summed E-state index contributed by atoms with van der Waals surface area (Å²) in [7, 11) is 0. The van der Waals surface area contributed by atoms with Gasteiger partial charge in [0.2, 0.25) is 0 Å². The van der Waals surface area contributed by atoms with Gasteiger partial charge in [-0.15, -0.1) is 0 Å². The molecule has 0 N–H and O–H groups in total. The van der Waals surface area contributed by atoms with Crippen LogP contribution in [-0.2, 0) is 0 Å². The molecule has 1 aromatic heterocycles. The normalized spacial score (nSPS) is 24.9. The van der Waals surface area contributed by atoms with Gasteiger partial charge < -0.3 is 0 Å². The monoisotopic (exact) mass is 217 g/mol. The maximum atomic E-state index is 4.58. The standard InChI is InChI=1S/C15H23N/c1-14(2,3)12-10-7-8-11(16-9-10)13(12)15(4,5)6/h7-9,12-13H,1-6H3. The Morgan fingerprint density at radius 1 is 0.875 bits per heavy atom. The van der Waals surface area contributed by atoms with E-state index in [1.165, 1.54) is 11.3 Å². The molecule has 0 saturated carbocycles. The van der Waals surface area contributed by atoms with Crippen molar-refractivity contribution in [1.29, 1.82) is 0 Å². The van der Waals surface area contributed by atoms with Crippen LogP contribution in [0.2, 0.25) is 0 Å². The summed E-state index contributed by atoms with van der Waals surface area (Å²) in [4.78, 5) is 4.58. The molecule has 2 bridgehead atoms. The molecule has 0 fully saturated rings. The molecule has 1 aliphatic heterocycles. The van der Waals surface area contributed by atoms with Crippen LogP contribution >= 0.6 is 0 Å². The van der Waals surface area contributed by atoms with Gasteiger partial charge in [-0.1, -0.05) is 47.6 Å². The molecule has 2 aliphatic rings. The molecule has 2 unspecified atom stereocenters. The average Bonchev–Trinajstić information content (AvgIpc) is 2.15. The lowest BCUT2D eigenvalue weighted by Crippen LogP contribution is -2.36. The van der Waals surface area contributed by atoms with Gasteiger partial charge in [0.15, 0.2) is 0 Å². The minimum absolute atomic E-state index is 0.279. The molecular weight excluding hydrogens is 194 g/mol. The number of aromatic nitrogens is 1. The van der Waals surface area contributed by atoms with E-state index >= 15 is 0 Å². The Hall–Kier alpha value is -0.850. The fourth-order valence-electron chi connectivity index (χ4n) is 3.09. The van der Waals surface area contributed by atoms with Crippen LogP contribution in [0.15, 0.2) is 18.3 Å². The first-order valence-corrected chi connectivity index (χ1v) is 6.17. The van der Waals surface area contributed by atoms with Gasteiger partial charge >= 0.3 is 0 Å². The molecule has 1 aromatic rings. The minimum atomic E-state index is 0.279. The molecule has 0 saturated heterocycles. The summed E-state index contributed by atoms with van der Waals surface area (Å²) in [5.74, 6) is 1.16. The average molecular weight is 217 g/mol. The van der Waals surface area contributed by atoms with Gasteiger partial charge in [-0.2, -0.15) is 0 Å². The Morgan fingerprint density at radius 3 is 1.75 bits per heavy atom. The number of hydrogen-bond acceptors (Lipinski definition) is 1. The molecule has 88 valence electrons. The van der Waals surface area contributed by atoms with Crippen molar-refractivity contribution in [3.63, 3.8) is 0 Å². The second kappa shape index (κ2) is 3.32. The van der Waals surface area contributed by atoms with Crippen LogP contribution in [-0.4, -0.2) is 4.98 Å². The summed E-state index contributed by atoms with van der Waals surface area (Å²) in [5, 5.41) is 0. The fraction of sp³-hybridized carbons (Fsp3) is 0.667. The molecule has 2 atom stereocenters. The van der Waals surface area contributed by atoms with E-state index in [0.29, 0.717) is 17.3 Å². The third-order valence-electron chi connectivity index (χ3n) is 3.69. The Labute approximate surface area is 99.3 Å². The van der Waals surface area contributed by atoms with Gasteiger partial charge in [0.05, 0.1) is 0 Å². The first-order chi connectivity index (χ1) is 7.21. The first-order valence-electron chi connectivity index (χ1n) is 6.17. The van der Waals surface area contributed by atoms with E-state index in [1.54, 1.807) is 0 Å². The van der Waals surface area contributed by atoms with Crippen LogP contribution in [0.4, 0.5) is 0 Å². The summed E-state index contributed by atoms with van der Waals surface area (Å²) in [6.45, 7) is 14.0. The van der Waals surface area contributed by atoms with Gasteiger partial charge in [-0.3, -0.25) is 4.98 Å². The van der Waals surface area contributed by atoms with Crippen molar-refractivity contribution in [1.82, 2.24) is 4.98 Å². The Morgan fingerprint density at radius 2 is 1.44 bits per heavy atom. The molecular formula is C15H23N. The highest BCUT2D eigenvalue weighted by atomic mass is 14.7. The number of fused-ring (bicyclic) bond motifs is 3. The van der Waals surface area contributed by atoms with Crippen molar-refractivity contribution in [2.45, 2.75) is 53.4 Å². The highest BCUT2D eigenvalue weighted by Gasteiger charge is 2.43. The molecule has 1 aliphatic carbocycles. The minimum Gasteiger partial charge on any atom is -0.261 e. The van der Waals surface area contributed by atoms with Gasteiger partial charge in [-0.05, 0) is 28.4 Å². The van der Waals surface area contributed by atoms with Gasteiger partial charge in [0, 0.05) is 17.8 Å². The van der Waals surface area contributed by atoms with E-state index in [2.05, 4.69) is 64.9 Å². The quantitative estimate of drug-likeness (QED) is 0.629. The molecule has 0 spiro atoms. The zero-order chi connectivity index (χ0) is 12.1. The van der Waals surface area contributed by atoms with Crippen LogP contribution in [0.5, 0.6) is 0 Å². The van der Waals surface area contributed by atoms with Gasteiger partial charge in [-0.25, -0.2) is 0 Å². The van der Waals surface area contributed by atoms with E-state index in [0.717, 1.165) is 0 Å². The second-order valence-electron chi connectivity index (χ2n) is 7.20. The predicted molar refractivity (Wildman–Crippen MR) is 68.6 cm³/mol. The molecule has 0 aromatic carbocycles. The highest BCUT2D eigenvalue weighted by Crippen LogP contribution is 2.54. The van der Waals surface area contributed by atoms with Crippen LogP contribution in [0.1, 0.15) is 64.6 Å². The molecule has 0 amide bonds. The number of pyridine rings is 1. The Bertz CT molecular complexity index is 336. The van der Waals surface area contributed by atoms with Crippen molar-refractivity contribution in [2.24, 2.45) is 10.8 Å². The molecule has 1 heteroatoms. The third-order valence-corrected chi connectivity index (χ3v) is 3.69. The van der Waals surface area contributed by atoms with E-state index < -0.39 is 0 Å². The van der Waals surface area contributed by atoms with E-state index in [1.807, 2.05) is 0 Å². The summed E-state index contributed by atoms with van der Waals surface area (Å²) >= 11 is 0. The molecule has 0 radical (unpaired) electrons.